The highest BCUT2D eigenvalue weighted by Crippen LogP contribution is 2.54. The molecule has 4 heteroatoms. The Morgan fingerprint density at radius 1 is 0.299 bits per heavy atom. The molecule has 0 bridgehead atoms. The molecule has 0 amide bonds. The quantitative estimate of drug-likeness (QED) is 0.164. The molecule has 1 saturated heterocycles. The first kappa shape index (κ1) is 39.9. The van der Waals surface area contributed by atoms with Crippen LogP contribution in [0.15, 0.2) is 218 Å². The Hall–Kier alpha value is -7.44. The van der Waals surface area contributed by atoms with Crippen molar-refractivity contribution in [1.82, 2.24) is 0 Å². The summed E-state index contributed by atoms with van der Waals surface area (Å²) in [6, 6.07) is 75.4. The van der Waals surface area contributed by atoms with Crippen LogP contribution in [0, 0.1) is 0 Å². The second kappa shape index (κ2) is 14.8. The van der Waals surface area contributed by atoms with Gasteiger partial charge in [0.25, 0.3) is 0 Å². The van der Waals surface area contributed by atoms with Crippen molar-refractivity contribution in [1.29, 1.82) is 0 Å². The minimum absolute atomic E-state index is 0.655. The summed E-state index contributed by atoms with van der Waals surface area (Å²) in [6.45, 7) is 3.78. The largest absolute Gasteiger partial charge is 0.377 e. The summed E-state index contributed by atoms with van der Waals surface area (Å²) < 4.78 is 14.7. The maximum Gasteiger partial charge on any atom is 0.164 e. The molecular formula is C63H46O4. The average molecular weight is 867 g/mol. The van der Waals surface area contributed by atoms with Gasteiger partial charge in [0.05, 0.1) is 0 Å². The lowest BCUT2D eigenvalue weighted by atomic mass is 9.69. The molecule has 12 aromatic carbocycles. The number of benzene rings is 12. The summed E-state index contributed by atoms with van der Waals surface area (Å²) >= 11 is 0. The van der Waals surface area contributed by atoms with Crippen LogP contribution in [0.5, 0.6) is 0 Å². The lowest BCUT2D eigenvalue weighted by molar-refractivity contribution is -0.172. The van der Waals surface area contributed by atoms with Crippen molar-refractivity contribution < 1.29 is 19.7 Å². The van der Waals surface area contributed by atoms with Gasteiger partial charge in [-0.3, -0.25) is 0 Å². The SMILES string of the molecule is CC1(C)O[C@@H](C(O)(c2cccc3cc4ccccc4cc23)c2cccc3cc4ccccc4cc23)[C@H](C(O)(c2cccc3cc4ccccc4cc23)c2cccc3cc4ccccc4cc23)O1. The maximum absolute atomic E-state index is 14.8. The Morgan fingerprint density at radius 2 is 0.507 bits per heavy atom. The maximum atomic E-state index is 14.8. The number of hydrogen-bond acceptors (Lipinski definition) is 4. The summed E-state index contributed by atoms with van der Waals surface area (Å²) in [7, 11) is 0. The molecule has 1 heterocycles. The van der Waals surface area contributed by atoms with Crippen LogP contribution in [-0.4, -0.2) is 28.2 Å². The summed E-state index contributed by atoms with van der Waals surface area (Å²) in [5.74, 6) is -1.26. The lowest BCUT2D eigenvalue weighted by Crippen LogP contribution is -2.55. The van der Waals surface area contributed by atoms with E-state index in [0.717, 1.165) is 86.2 Å². The standard InChI is InChI=1S/C63H46O4/c1-61(2)66-59(62(64,55-27-11-23-47-31-39-15-3-7-19-43(39)35-51(47)55)56-28-12-24-48-32-40-16-4-8-20-44(40)36-52(48)56)60(67-61)63(65,57-29-13-25-49-33-41-17-5-9-21-45(41)37-53(49)57)58-30-14-26-50-34-42-18-6-10-22-46(42)38-54(50)58/h3-38,59-60,64-65H,1-2H3/t59-,60-/m1/s1. The molecule has 0 unspecified atom stereocenters. The molecule has 12 aromatic rings. The highest BCUT2D eigenvalue weighted by Gasteiger charge is 2.62. The monoisotopic (exact) mass is 866 g/mol. The zero-order chi connectivity index (χ0) is 45.1. The molecule has 13 rings (SSSR count). The zero-order valence-electron chi connectivity index (χ0n) is 37.2. The number of ether oxygens (including phenoxy) is 2. The summed E-state index contributed by atoms with van der Waals surface area (Å²) in [5.41, 5.74) is -1.23. The van der Waals surface area contributed by atoms with E-state index in [2.05, 4.69) is 146 Å². The van der Waals surface area contributed by atoms with Gasteiger partial charge in [0.15, 0.2) is 5.79 Å². The molecule has 0 saturated carbocycles. The van der Waals surface area contributed by atoms with Crippen LogP contribution < -0.4 is 0 Å². The van der Waals surface area contributed by atoms with Gasteiger partial charge in [-0.1, -0.05) is 170 Å². The Kier molecular flexibility index (Phi) is 8.80. The molecule has 4 nitrogen and oxygen atoms in total. The molecule has 322 valence electrons. The molecular weight excluding hydrogens is 821 g/mol. The molecule has 0 aromatic heterocycles. The van der Waals surface area contributed by atoms with E-state index >= 15 is 0 Å². The first-order valence-corrected chi connectivity index (χ1v) is 23.1. The first-order valence-electron chi connectivity index (χ1n) is 23.1. The van der Waals surface area contributed by atoms with E-state index in [1.807, 2.05) is 86.6 Å². The number of fused-ring (bicyclic) bond motifs is 8. The summed E-state index contributed by atoms with van der Waals surface area (Å²) in [5, 5.41) is 45.8. The van der Waals surface area contributed by atoms with Gasteiger partial charge in [-0.15, -0.1) is 0 Å². The van der Waals surface area contributed by atoms with Crippen molar-refractivity contribution in [2.24, 2.45) is 0 Å². The Labute approximate surface area is 387 Å². The van der Waals surface area contributed by atoms with E-state index in [4.69, 9.17) is 9.47 Å². The molecule has 0 spiro atoms. The molecule has 0 radical (unpaired) electrons. The third kappa shape index (κ3) is 6.15. The van der Waals surface area contributed by atoms with Gasteiger partial charge in [-0.25, -0.2) is 0 Å². The predicted octanol–water partition coefficient (Wildman–Crippen LogP) is 14.6. The minimum Gasteiger partial charge on any atom is -0.377 e. The zero-order valence-corrected chi connectivity index (χ0v) is 37.2. The average Bonchev–Trinajstić information content (AvgIpc) is 3.70. The Bertz CT molecular complexity index is 3480. The van der Waals surface area contributed by atoms with Crippen LogP contribution in [-0.2, 0) is 20.7 Å². The third-order valence-electron chi connectivity index (χ3n) is 14.5. The smallest absolute Gasteiger partial charge is 0.164 e. The second-order valence-corrected chi connectivity index (χ2v) is 18.9. The van der Waals surface area contributed by atoms with Gasteiger partial charge in [0.1, 0.15) is 23.4 Å². The van der Waals surface area contributed by atoms with Gasteiger partial charge in [0, 0.05) is 0 Å². The van der Waals surface area contributed by atoms with Crippen LogP contribution >= 0.6 is 0 Å². The molecule has 1 aliphatic rings. The number of rotatable bonds is 6. The van der Waals surface area contributed by atoms with Crippen molar-refractivity contribution in [3.63, 3.8) is 0 Å². The molecule has 0 aliphatic carbocycles. The fraction of sp³-hybridized carbons (Fsp3) is 0.111. The van der Waals surface area contributed by atoms with E-state index in [1.165, 1.54) is 0 Å². The van der Waals surface area contributed by atoms with Crippen molar-refractivity contribution in [3.8, 4) is 0 Å². The van der Waals surface area contributed by atoms with E-state index in [9.17, 15) is 10.2 Å². The summed E-state index contributed by atoms with van der Waals surface area (Å²) in [4.78, 5) is 0. The fourth-order valence-electron chi connectivity index (χ4n) is 11.5. The Morgan fingerprint density at radius 3 is 0.746 bits per heavy atom. The van der Waals surface area contributed by atoms with E-state index < -0.39 is 29.2 Å². The van der Waals surface area contributed by atoms with Gasteiger partial charge in [-0.2, -0.15) is 0 Å². The first-order chi connectivity index (χ1) is 32.7. The van der Waals surface area contributed by atoms with Crippen molar-refractivity contribution in [2.75, 3.05) is 0 Å². The minimum atomic E-state index is -1.93. The normalized spacial score (nSPS) is 16.7. The second-order valence-electron chi connectivity index (χ2n) is 18.9. The van der Waals surface area contributed by atoms with Gasteiger partial charge >= 0.3 is 0 Å². The molecule has 67 heavy (non-hydrogen) atoms. The van der Waals surface area contributed by atoms with Gasteiger partial charge < -0.3 is 19.7 Å². The summed E-state index contributed by atoms with van der Waals surface area (Å²) in [6.07, 6.45) is -2.37. The molecule has 1 fully saturated rings. The highest BCUT2D eigenvalue weighted by atomic mass is 16.8. The van der Waals surface area contributed by atoms with Crippen LogP contribution in [0.25, 0.3) is 86.2 Å². The van der Waals surface area contributed by atoms with Crippen LogP contribution in [0.3, 0.4) is 0 Å². The topological polar surface area (TPSA) is 58.9 Å². The van der Waals surface area contributed by atoms with E-state index in [1.54, 1.807) is 0 Å². The fourth-order valence-corrected chi connectivity index (χ4v) is 11.5. The van der Waals surface area contributed by atoms with Crippen LogP contribution in [0.2, 0.25) is 0 Å². The van der Waals surface area contributed by atoms with Gasteiger partial charge in [0.2, 0.25) is 0 Å². The predicted molar refractivity (Wildman–Crippen MR) is 276 cm³/mol. The Balaban J connectivity index is 1.16. The molecule has 1 aliphatic heterocycles. The van der Waals surface area contributed by atoms with Crippen molar-refractivity contribution in [3.05, 3.63) is 241 Å². The van der Waals surface area contributed by atoms with Gasteiger partial charge in [-0.05, 0) is 171 Å². The number of aliphatic hydroxyl groups is 2. The highest BCUT2D eigenvalue weighted by molar-refractivity contribution is 6.05. The van der Waals surface area contributed by atoms with Crippen molar-refractivity contribution >= 4 is 86.2 Å². The lowest BCUT2D eigenvalue weighted by Gasteiger charge is -2.44. The van der Waals surface area contributed by atoms with E-state index in [0.29, 0.717) is 22.3 Å². The van der Waals surface area contributed by atoms with Crippen molar-refractivity contribution in [2.45, 2.75) is 43.0 Å². The van der Waals surface area contributed by atoms with Crippen LogP contribution in [0.4, 0.5) is 0 Å². The number of hydrogen-bond donors (Lipinski definition) is 2. The molecule has 2 N–H and O–H groups in total. The third-order valence-corrected chi connectivity index (χ3v) is 14.5. The van der Waals surface area contributed by atoms with Crippen LogP contribution in [0.1, 0.15) is 36.1 Å². The molecule has 2 atom stereocenters. The van der Waals surface area contributed by atoms with E-state index in [-0.39, 0.29) is 0 Å².